The number of nitrogens with zero attached hydrogens (tertiary/aromatic N) is 3. The van der Waals surface area contributed by atoms with Gasteiger partial charge in [0.2, 0.25) is 0 Å². The van der Waals surface area contributed by atoms with E-state index in [4.69, 9.17) is 0 Å². The third-order valence-corrected chi connectivity index (χ3v) is 6.85. The average Bonchev–Trinajstić information content (AvgIpc) is 3.35. The highest BCUT2D eigenvalue weighted by Crippen LogP contribution is 2.44. The Labute approximate surface area is 206 Å². The average molecular weight is 466 g/mol. The van der Waals surface area contributed by atoms with Crippen molar-refractivity contribution in [1.29, 1.82) is 0 Å². The molecule has 0 spiro atoms. The van der Waals surface area contributed by atoms with Gasteiger partial charge in [-0.3, -0.25) is 9.58 Å². The molecule has 178 valence electrons. The Bertz CT molecular complexity index is 1160. The van der Waals surface area contributed by atoms with Crippen LogP contribution in [0.25, 0.3) is 6.08 Å². The molecule has 0 aliphatic carbocycles. The highest BCUT2D eigenvalue weighted by atomic mass is 16.3. The standard InChI is InChI=1S/C30H31N3O2/c34-21-20-33-19-16-28(31-33)22-24-23-32(18-17-29(24)35)30(25-10-4-1-5-11-25,26-12-6-2-7-13-26)27-14-8-3-9-15-27/h1-16,19,22,29,34-35H,17-18,20-21,23H2/b24-22-. The van der Waals surface area contributed by atoms with Crippen LogP contribution >= 0.6 is 0 Å². The Hall–Kier alpha value is -3.51. The molecule has 4 aromatic rings. The zero-order valence-corrected chi connectivity index (χ0v) is 19.7. The summed E-state index contributed by atoms with van der Waals surface area (Å²) in [5.74, 6) is 0. The van der Waals surface area contributed by atoms with Crippen LogP contribution < -0.4 is 0 Å². The van der Waals surface area contributed by atoms with Gasteiger partial charge in [0.05, 0.1) is 30.5 Å². The fraction of sp³-hybridized carbons (Fsp3) is 0.233. The summed E-state index contributed by atoms with van der Waals surface area (Å²) in [4.78, 5) is 2.48. The van der Waals surface area contributed by atoms with Crippen molar-refractivity contribution in [3.63, 3.8) is 0 Å². The smallest absolute Gasteiger partial charge is 0.0975 e. The van der Waals surface area contributed by atoms with E-state index in [2.05, 4.69) is 101 Å². The van der Waals surface area contributed by atoms with E-state index in [1.165, 1.54) is 16.7 Å². The van der Waals surface area contributed by atoms with Gasteiger partial charge in [0.1, 0.15) is 0 Å². The van der Waals surface area contributed by atoms with E-state index in [1.807, 2.05) is 18.3 Å². The van der Waals surface area contributed by atoms with Gasteiger partial charge in [-0.15, -0.1) is 0 Å². The number of aliphatic hydroxyl groups is 2. The second-order valence-electron chi connectivity index (χ2n) is 8.98. The number of rotatable bonds is 7. The summed E-state index contributed by atoms with van der Waals surface area (Å²) >= 11 is 0. The SMILES string of the molecule is OCCn1ccc(/C=C2/CN(C(c3ccccc3)(c3ccccc3)c3ccccc3)CCC2O)n1. The van der Waals surface area contributed by atoms with Gasteiger partial charge in [0.25, 0.3) is 0 Å². The third-order valence-electron chi connectivity index (χ3n) is 6.85. The quantitative estimate of drug-likeness (QED) is 0.399. The lowest BCUT2D eigenvalue weighted by Crippen LogP contribution is -2.52. The minimum Gasteiger partial charge on any atom is -0.394 e. The number of likely N-dealkylation sites (tertiary alicyclic amines) is 1. The number of piperidine rings is 1. The van der Waals surface area contributed by atoms with Crippen LogP contribution in [0, 0.1) is 0 Å². The summed E-state index contributed by atoms with van der Waals surface area (Å²) in [6.07, 6.45) is 3.97. The van der Waals surface area contributed by atoms with Crippen LogP contribution in [0.5, 0.6) is 0 Å². The highest BCUT2D eigenvalue weighted by Gasteiger charge is 2.44. The summed E-state index contributed by atoms with van der Waals surface area (Å²) < 4.78 is 1.72. The first-order valence-corrected chi connectivity index (χ1v) is 12.2. The van der Waals surface area contributed by atoms with E-state index in [9.17, 15) is 10.2 Å². The fourth-order valence-electron chi connectivity index (χ4n) is 5.25. The molecule has 0 radical (unpaired) electrons. The lowest BCUT2D eigenvalue weighted by molar-refractivity contribution is 0.0871. The van der Waals surface area contributed by atoms with Crippen LogP contribution in [-0.2, 0) is 12.1 Å². The molecule has 1 unspecified atom stereocenters. The number of hydrogen-bond acceptors (Lipinski definition) is 4. The van der Waals surface area contributed by atoms with Crippen LogP contribution in [0.2, 0.25) is 0 Å². The summed E-state index contributed by atoms with van der Waals surface area (Å²) in [5, 5.41) is 24.7. The second-order valence-corrected chi connectivity index (χ2v) is 8.98. The molecule has 5 nitrogen and oxygen atoms in total. The lowest BCUT2D eigenvalue weighted by Gasteiger charge is -2.48. The molecule has 2 N–H and O–H groups in total. The third kappa shape index (κ3) is 4.58. The van der Waals surface area contributed by atoms with Crippen LogP contribution in [-0.4, -0.2) is 50.7 Å². The first-order valence-electron chi connectivity index (χ1n) is 12.2. The van der Waals surface area contributed by atoms with E-state index in [1.54, 1.807) is 4.68 Å². The molecule has 5 heteroatoms. The summed E-state index contributed by atoms with van der Waals surface area (Å²) in [6, 6.07) is 33.9. The number of hydrogen-bond donors (Lipinski definition) is 2. The molecular weight excluding hydrogens is 434 g/mol. The lowest BCUT2D eigenvalue weighted by atomic mass is 9.74. The molecule has 1 aromatic heterocycles. The topological polar surface area (TPSA) is 61.5 Å². The highest BCUT2D eigenvalue weighted by molar-refractivity contribution is 5.53. The fourth-order valence-corrected chi connectivity index (χ4v) is 5.25. The predicted molar refractivity (Wildman–Crippen MR) is 139 cm³/mol. The summed E-state index contributed by atoms with van der Waals surface area (Å²) in [5.41, 5.74) is 4.80. The van der Waals surface area contributed by atoms with Gasteiger partial charge in [-0.1, -0.05) is 91.0 Å². The van der Waals surface area contributed by atoms with Crippen LogP contribution in [0.4, 0.5) is 0 Å². The van der Waals surface area contributed by atoms with Gasteiger partial charge in [-0.25, -0.2) is 0 Å². The monoisotopic (exact) mass is 465 g/mol. The first-order chi connectivity index (χ1) is 17.2. The second kappa shape index (κ2) is 10.4. The molecule has 3 aromatic carbocycles. The van der Waals surface area contributed by atoms with Gasteiger partial charge in [-0.05, 0) is 40.8 Å². The Morgan fingerprint density at radius 3 is 1.89 bits per heavy atom. The Kier molecular flexibility index (Phi) is 6.91. The molecular formula is C30H31N3O2. The maximum atomic E-state index is 11.0. The zero-order valence-electron chi connectivity index (χ0n) is 19.7. The van der Waals surface area contributed by atoms with Crippen molar-refractivity contribution in [2.45, 2.75) is 24.6 Å². The Morgan fingerprint density at radius 2 is 1.37 bits per heavy atom. The molecule has 5 rings (SSSR count). The summed E-state index contributed by atoms with van der Waals surface area (Å²) in [6.45, 7) is 1.85. The van der Waals surface area contributed by atoms with E-state index in [0.717, 1.165) is 17.8 Å². The molecule has 1 saturated heterocycles. The first kappa shape index (κ1) is 23.2. The van der Waals surface area contributed by atoms with Crippen LogP contribution in [0.3, 0.4) is 0 Å². The van der Waals surface area contributed by atoms with Crippen LogP contribution in [0.1, 0.15) is 28.8 Å². The van der Waals surface area contributed by atoms with E-state index in [-0.39, 0.29) is 6.61 Å². The maximum absolute atomic E-state index is 11.0. The molecule has 0 amide bonds. The molecule has 0 bridgehead atoms. The van der Waals surface area contributed by atoms with Crippen molar-refractivity contribution in [3.05, 3.63) is 131 Å². The minimum atomic E-state index is -0.519. The van der Waals surface area contributed by atoms with E-state index < -0.39 is 11.6 Å². The molecule has 1 aliphatic rings. The van der Waals surface area contributed by atoms with Crippen LogP contribution in [0.15, 0.2) is 109 Å². The molecule has 1 fully saturated rings. The van der Waals surface area contributed by atoms with Crippen molar-refractivity contribution >= 4 is 6.08 Å². The van der Waals surface area contributed by atoms with E-state index in [0.29, 0.717) is 19.5 Å². The van der Waals surface area contributed by atoms with Gasteiger partial charge in [0, 0.05) is 19.3 Å². The molecule has 0 saturated carbocycles. The van der Waals surface area contributed by atoms with Crippen molar-refractivity contribution in [2.24, 2.45) is 0 Å². The number of benzene rings is 3. The summed E-state index contributed by atoms with van der Waals surface area (Å²) in [7, 11) is 0. The van der Waals surface area contributed by atoms with Gasteiger partial charge >= 0.3 is 0 Å². The maximum Gasteiger partial charge on any atom is 0.0975 e. The largest absolute Gasteiger partial charge is 0.394 e. The normalized spacial score (nSPS) is 18.1. The number of aliphatic hydroxyl groups excluding tert-OH is 2. The molecule has 1 atom stereocenters. The Balaban J connectivity index is 1.64. The predicted octanol–water partition coefficient (Wildman–Crippen LogP) is 4.32. The van der Waals surface area contributed by atoms with Crippen molar-refractivity contribution in [2.75, 3.05) is 19.7 Å². The van der Waals surface area contributed by atoms with E-state index >= 15 is 0 Å². The number of aromatic nitrogens is 2. The van der Waals surface area contributed by atoms with Crippen molar-refractivity contribution in [1.82, 2.24) is 14.7 Å². The van der Waals surface area contributed by atoms with Crippen molar-refractivity contribution < 1.29 is 10.2 Å². The molecule has 1 aliphatic heterocycles. The molecule has 35 heavy (non-hydrogen) atoms. The zero-order chi connectivity index (χ0) is 24.1. The van der Waals surface area contributed by atoms with Gasteiger partial charge < -0.3 is 10.2 Å². The Morgan fingerprint density at radius 1 is 0.829 bits per heavy atom. The molecule has 2 heterocycles. The van der Waals surface area contributed by atoms with Gasteiger partial charge in [0.15, 0.2) is 0 Å². The van der Waals surface area contributed by atoms with Crippen molar-refractivity contribution in [3.8, 4) is 0 Å². The minimum absolute atomic E-state index is 0.0435. The van der Waals surface area contributed by atoms with Gasteiger partial charge in [-0.2, -0.15) is 5.10 Å².